The molecule has 1 aliphatic carbocycles. The van der Waals surface area contributed by atoms with Gasteiger partial charge in [0, 0.05) is 32.6 Å². The van der Waals surface area contributed by atoms with Crippen molar-refractivity contribution >= 4 is 64.9 Å². The van der Waals surface area contributed by atoms with Gasteiger partial charge in [0.15, 0.2) is 0 Å². The van der Waals surface area contributed by atoms with Crippen LogP contribution in [0.3, 0.4) is 0 Å². The molecule has 0 radical (unpaired) electrons. The Balaban J connectivity index is 1.11. The van der Waals surface area contributed by atoms with E-state index in [0.29, 0.717) is 0 Å². The molecule has 0 amide bonds. The monoisotopic (exact) mass is 711 g/mol. The first-order valence-corrected chi connectivity index (χ1v) is 19.7. The molecule has 1 heterocycles. The summed E-state index contributed by atoms with van der Waals surface area (Å²) in [5, 5.41) is 12.9. The minimum Gasteiger partial charge on any atom is -0.309 e. The molecule has 0 atom stereocenters. The summed E-state index contributed by atoms with van der Waals surface area (Å²) < 4.78 is 2.47. The summed E-state index contributed by atoms with van der Waals surface area (Å²) in [6.07, 6.45) is 0. The minimum absolute atomic E-state index is 0.161. The van der Waals surface area contributed by atoms with E-state index in [0.717, 1.165) is 0 Å². The van der Waals surface area contributed by atoms with Crippen LogP contribution < -0.4 is 0 Å². The molecule has 0 aliphatic heterocycles. The lowest BCUT2D eigenvalue weighted by molar-refractivity contribution is 0.661. The maximum Gasteiger partial charge on any atom is 0.0626 e. The van der Waals surface area contributed by atoms with Crippen LogP contribution in [0.5, 0.6) is 0 Å². The Kier molecular flexibility index (Phi) is 6.46. The summed E-state index contributed by atoms with van der Waals surface area (Å²) >= 11 is 0. The molecule has 262 valence electrons. The first-order valence-electron chi connectivity index (χ1n) is 19.7. The van der Waals surface area contributed by atoms with Crippen LogP contribution in [0.25, 0.3) is 104 Å². The Morgan fingerprint density at radius 3 is 1.68 bits per heavy atom. The topological polar surface area (TPSA) is 4.93 Å². The zero-order valence-corrected chi connectivity index (χ0v) is 31.3. The Bertz CT molecular complexity index is 3430. The largest absolute Gasteiger partial charge is 0.309 e. The van der Waals surface area contributed by atoms with Gasteiger partial charge in [-0.05, 0) is 113 Å². The van der Waals surface area contributed by atoms with Crippen LogP contribution in [0.1, 0.15) is 25.0 Å². The fourth-order valence-corrected chi connectivity index (χ4v) is 10.2. The quantitative estimate of drug-likeness (QED) is 0.161. The molecule has 11 aromatic rings. The van der Waals surface area contributed by atoms with Crippen molar-refractivity contribution in [3.63, 3.8) is 0 Å². The van der Waals surface area contributed by atoms with E-state index in [4.69, 9.17) is 0 Å². The standard InChI is InChI=1S/C55H37N/c1-55(2)49-31-35(39-25-14-16-34-15-6-7-19-38(34)39)27-29-42(49)43-30-28-36(32-50(43)55)47-33-48-41-21-9-11-23-45(41)54-53(52(48)44-22-10-8-20-40(44)47)46-24-12-13-26-51(46)56(54)37-17-4-3-5-18-37/h3-33H,1-2H3. The molecular formula is C55H37N. The van der Waals surface area contributed by atoms with Gasteiger partial charge in [-0.2, -0.15) is 0 Å². The molecule has 1 nitrogen and oxygen atoms in total. The van der Waals surface area contributed by atoms with Gasteiger partial charge in [-0.15, -0.1) is 0 Å². The zero-order chi connectivity index (χ0) is 37.1. The third-order valence-corrected chi connectivity index (χ3v) is 12.7. The molecule has 0 spiro atoms. The maximum absolute atomic E-state index is 2.49. The van der Waals surface area contributed by atoms with Gasteiger partial charge in [0.1, 0.15) is 0 Å². The number of hydrogen-bond donors (Lipinski definition) is 0. The number of nitrogens with zero attached hydrogens (tertiary/aromatic N) is 1. The lowest BCUT2D eigenvalue weighted by atomic mass is 9.80. The van der Waals surface area contributed by atoms with Gasteiger partial charge in [0.25, 0.3) is 0 Å². The first kappa shape index (κ1) is 31.4. The SMILES string of the molecule is CC1(C)c2cc(-c3cccc4ccccc34)ccc2-c2ccc(-c3cc4c5ccccc5c5c(c6ccccc6n5-c5ccccc5)c4c4ccccc34)cc21. The molecule has 1 heteroatoms. The molecule has 0 N–H and O–H groups in total. The third-order valence-electron chi connectivity index (χ3n) is 12.7. The van der Waals surface area contributed by atoms with Crippen molar-refractivity contribution in [2.24, 2.45) is 0 Å². The average molecular weight is 712 g/mol. The van der Waals surface area contributed by atoms with Gasteiger partial charge in [0.05, 0.1) is 11.0 Å². The summed E-state index contributed by atoms with van der Waals surface area (Å²) in [4.78, 5) is 0. The van der Waals surface area contributed by atoms with Crippen molar-refractivity contribution in [3.05, 3.63) is 199 Å². The Hall–Kier alpha value is -6.96. The highest BCUT2D eigenvalue weighted by atomic mass is 15.0. The molecule has 0 fully saturated rings. The van der Waals surface area contributed by atoms with Gasteiger partial charge in [0.2, 0.25) is 0 Å². The number of hydrogen-bond acceptors (Lipinski definition) is 0. The van der Waals surface area contributed by atoms with Gasteiger partial charge in [-0.1, -0.05) is 166 Å². The van der Waals surface area contributed by atoms with Crippen LogP contribution in [0.4, 0.5) is 0 Å². The molecule has 10 aromatic carbocycles. The molecule has 1 aliphatic rings. The number of benzene rings is 10. The molecule has 56 heavy (non-hydrogen) atoms. The van der Waals surface area contributed by atoms with E-state index < -0.39 is 0 Å². The van der Waals surface area contributed by atoms with Gasteiger partial charge >= 0.3 is 0 Å². The van der Waals surface area contributed by atoms with Crippen LogP contribution in [-0.4, -0.2) is 4.57 Å². The maximum atomic E-state index is 2.49. The molecule has 12 rings (SSSR count). The predicted octanol–water partition coefficient (Wildman–Crippen LogP) is 15.0. The van der Waals surface area contributed by atoms with E-state index in [1.807, 2.05) is 0 Å². The second-order valence-corrected chi connectivity index (χ2v) is 16.0. The molecule has 0 bridgehead atoms. The van der Waals surface area contributed by atoms with E-state index in [1.165, 1.54) is 115 Å². The van der Waals surface area contributed by atoms with E-state index in [2.05, 4.69) is 206 Å². The van der Waals surface area contributed by atoms with Crippen LogP contribution in [-0.2, 0) is 5.41 Å². The molecule has 0 unspecified atom stereocenters. The second kappa shape index (κ2) is 11.5. The summed E-state index contributed by atoms with van der Waals surface area (Å²) in [7, 11) is 0. The Labute approximate surface area is 325 Å². The fourth-order valence-electron chi connectivity index (χ4n) is 10.2. The third kappa shape index (κ3) is 4.26. The van der Waals surface area contributed by atoms with E-state index in [-0.39, 0.29) is 5.41 Å². The van der Waals surface area contributed by atoms with Crippen molar-refractivity contribution in [1.82, 2.24) is 4.57 Å². The van der Waals surface area contributed by atoms with E-state index in [9.17, 15) is 0 Å². The van der Waals surface area contributed by atoms with Crippen LogP contribution >= 0.6 is 0 Å². The second-order valence-electron chi connectivity index (χ2n) is 16.0. The lowest BCUT2D eigenvalue weighted by Crippen LogP contribution is -2.15. The van der Waals surface area contributed by atoms with Crippen molar-refractivity contribution in [2.75, 3.05) is 0 Å². The van der Waals surface area contributed by atoms with Gasteiger partial charge < -0.3 is 4.57 Å². The number of para-hydroxylation sites is 2. The first-order chi connectivity index (χ1) is 27.6. The van der Waals surface area contributed by atoms with Gasteiger partial charge in [-0.25, -0.2) is 0 Å². The number of aromatic nitrogens is 1. The Morgan fingerprint density at radius 1 is 0.357 bits per heavy atom. The smallest absolute Gasteiger partial charge is 0.0626 e. The van der Waals surface area contributed by atoms with Crippen molar-refractivity contribution in [3.8, 4) is 39.1 Å². The van der Waals surface area contributed by atoms with Crippen LogP contribution in [0, 0.1) is 0 Å². The molecule has 0 saturated carbocycles. The molecule has 1 aromatic heterocycles. The lowest BCUT2D eigenvalue weighted by Gasteiger charge is -2.23. The number of fused-ring (bicyclic) bond motifs is 14. The normalized spacial score (nSPS) is 13.3. The predicted molar refractivity (Wildman–Crippen MR) is 239 cm³/mol. The van der Waals surface area contributed by atoms with E-state index >= 15 is 0 Å². The van der Waals surface area contributed by atoms with Crippen LogP contribution in [0.15, 0.2) is 188 Å². The fraction of sp³-hybridized carbons (Fsp3) is 0.0545. The van der Waals surface area contributed by atoms with Crippen molar-refractivity contribution in [2.45, 2.75) is 19.3 Å². The van der Waals surface area contributed by atoms with Crippen molar-refractivity contribution in [1.29, 1.82) is 0 Å². The Morgan fingerprint density at radius 2 is 0.929 bits per heavy atom. The summed E-state index contributed by atoms with van der Waals surface area (Å²) in [5.74, 6) is 0. The molecular weight excluding hydrogens is 675 g/mol. The van der Waals surface area contributed by atoms with Crippen LogP contribution in [0.2, 0.25) is 0 Å². The summed E-state index contributed by atoms with van der Waals surface area (Å²) in [6, 6.07) is 70.1. The highest BCUT2D eigenvalue weighted by Crippen LogP contribution is 2.52. The average Bonchev–Trinajstić information content (AvgIpc) is 3.72. The van der Waals surface area contributed by atoms with E-state index in [1.54, 1.807) is 0 Å². The van der Waals surface area contributed by atoms with Gasteiger partial charge in [-0.3, -0.25) is 0 Å². The highest BCUT2D eigenvalue weighted by Gasteiger charge is 2.36. The van der Waals surface area contributed by atoms with Crippen molar-refractivity contribution < 1.29 is 0 Å². The summed E-state index contributed by atoms with van der Waals surface area (Å²) in [6.45, 7) is 4.80. The zero-order valence-electron chi connectivity index (χ0n) is 31.3. The highest BCUT2D eigenvalue weighted by molar-refractivity contribution is 6.38. The summed E-state index contributed by atoms with van der Waals surface area (Å²) in [5.41, 5.74) is 14.0. The molecule has 0 saturated heterocycles. The minimum atomic E-state index is -0.161. The number of rotatable bonds is 3.